The van der Waals surface area contributed by atoms with E-state index in [1.165, 1.54) is 0 Å². The Hall–Kier alpha value is -1.68. The van der Waals surface area contributed by atoms with E-state index in [2.05, 4.69) is 0 Å². The van der Waals surface area contributed by atoms with E-state index in [-0.39, 0.29) is 61.0 Å². The maximum atomic E-state index is 5.99. The van der Waals surface area contributed by atoms with Crippen molar-refractivity contribution in [1.29, 1.82) is 0 Å². The van der Waals surface area contributed by atoms with Crippen LogP contribution < -0.4 is 5.73 Å². The molecule has 812 valence electrons. The van der Waals surface area contributed by atoms with Crippen molar-refractivity contribution in [3.8, 4) is 0 Å². The quantitative estimate of drug-likeness (QED) is 0.0836. The van der Waals surface area contributed by atoms with Crippen LogP contribution >= 0.6 is 0 Å². The van der Waals surface area contributed by atoms with Crippen LogP contribution in [0.2, 0.25) is 0 Å². The summed E-state index contributed by atoms with van der Waals surface area (Å²) in [7, 11) is 1.64. The molecule has 0 spiro atoms. The van der Waals surface area contributed by atoms with Gasteiger partial charge in [0.1, 0.15) is 0 Å². The first-order valence-electron chi connectivity index (χ1n) is 49.0. The number of nitrogens with two attached hydrogens (primary N) is 1. The molecule has 42 heteroatoms. The first-order chi connectivity index (χ1) is 66.3. The average Bonchev–Trinajstić information content (AvgIpc) is 0.918. The molecule has 0 fully saturated rings. The zero-order valence-corrected chi connectivity index (χ0v) is 85.0. The molecule has 0 saturated carbocycles. The standard InChI is InChI=1S/C93H189NO41/c1-84(94)74-127-86(3)76-129-88(5)78-131-90(7)80-133-92(9)82-135-93(10)83-134-91(8)81-132-89(6)79-130-87(4)77-128-85(2)75-126-73-72-125-71-70-124-69-68-123-67-66-122-65-64-121-63-62-120-61-60-119-59-58-118-57-56-117-55-54-116-53-52-115-51-50-114-49-48-113-47-46-112-45-44-111-43-42-110-41-40-109-39-38-108-37-36-107-35-34-106-33-32-105-31-30-104-29-28-103-27-26-102-25-24-101-23-22-100-21-20-99-19-18-98-17-16-97-15-14-96-13-12-95-11/h84-93H,12-83,94H2,1-11H3. The third kappa shape index (κ3) is 116. The molecule has 10 unspecified atom stereocenters. The Morgan fingerprint density at radius 2 is 0.193 bits per heavy atom. The molecule has 0 bridgehead atoms. The number of hydrogen-bond donors (Lipinski definition) is 1. The van der Waals surface area contributed by atoms with Gasteiger partial charge in [0.15, 0.2) is 0 Å². The van der Waals surface area contributed by atoms with Crippen LogP contribution in [0.1, 0.15) is 69.2 Å². The van der Waals surface area contributed by atoms with Gasteiger partial charge in [-0.05, 0) is 69.2 Å². The van der Waals surface area contributed by atoms with Crippen LogP contribution in [0, 0.1) is 0 Å². The van der Waals surface area contributed by atoms with Gasteiger partial charge in [-0.1, -0.05) is 0 Å². The summed E-state index contributed by atoms with van der Waals surface area (Å²) in [5.74, 6) is 0. The Bertz CT molecular complexity index is 2170. The molecule has 0 heterocycles. The van der Waals surface area contributed by atoms with Crippen molar-refractivity contribution < 1.29 is 194 Å². The predicted molar refractivity (Wildman–Crippen MR) is 500 cm³/mol. The number of rotatable bonds is 122. The zero-order chi connectivity index (χ0) is 97.7. The van der Waals surface area contributed by atoms with Crippen LogP contribution in [-0.4, -0.2) is 544 Å². The molecule has 0 aliphatic carbocycles. The molecule has 0 aliphatic rings. The summed E-state index contributed by atoms with van der Waals surface area (Å²) in [4.78, 5) is 0. The third-order valence-electron chi connectivity index (χ3n) is 17.5. The van der Waals surface area contributed by atoms with Gasteiger partial charge < -0.3 is 200 Å². The van der Waals surface area contributed by atoms with E-state index >= 15 is 0 Å². The number of hydrogen-bond acceptors (Lipinski definition) is 42. The molecule has 2 N–H and O–H groups in total. The van der Waals surface area contributed by atoms with Crippen molar-refractivity contribution in [1.82, 2.24) is 0 Å². The molecule has 0 amide bonds. The largest absolute Gasteiger partial charge is 0.382 e. The predicted octanol–water partition coefficient (Wildman–Crippen LogP) is 4.14. The summed E-state index contributed by atoms with van der Waals surface area (Å²) in [6.45, 7) is 54.3. The Morgan fingerprint density at radius 3 is 0.289 bits per heavy atom. The molecule has 0 aromatic rings. The van der Waals surface area contributed by atoms with Gasteiger partial charge >= 0.3 is 0 Å². The summed E-state index contributed by atoms with van der Waals surface area (Å²) in [5, 5.41) is 0. The fourth-order valence-electron chi connectivity index (χ4n) is 10.1. The van der Waals surface area contributed by atoms with Gasteiger partial charge in [-0.2, -0.15) is 0 Å². The van der Waals surface area contributed by atoms with E-state index in [0.717, 1.165) is 0 Å². The van der Waals surface area contributed by atoms with Crippen LogP contribution in [0.3, 0.4) is 0 Å². The fourth-order valence-corrected chi connectivity index (χ4v) is 10.1. The van der Waals surface area contributed by atoms with Crippen molar-refractivity contribution >= 4 is 0 Å². The monoisotopic (exact) mass is 1980 g/mol. The minimum Gasteiger partial charge on any atom is -0.382 e. The van der Waals surface area contributed by atoms with Crippen molar-refractivity contribution in [3.05, 3.63) is 0 Å². The fraction of sp³-hybridized carbons (Fsp3) is 1.00. The molecule has 0 rings (SSSR count). The molecule has 0 aromatic carbocycles. The smallest absolute Gasteiger partial charge is 0.0781 e. The topological polar surface area (TPSA) is 404 Å². The molecule has 0 saturated heterocycles. The maximum absolute atomic E-state index is 5.99. The second kappa shape index (κ2) is 114. The number of ether oxygens (including phenoxy) is 41. The summed E-state index contributed by atoms with van der Waals surface area (Å²) in [6, 6.07) is -0.000969. The van der Waals surface area contributed by atoms with Gasteiger partial charge in [-0.25, -0.2) is 0 Å². The summed E-state index contributed by atoms with van der Waals surface area (Å²) >= 11 is 0. The van der Waals surface area contributed by atoms with Crippen molar-refractivity contribution in [2.45, 2.75) is 130 Å². The van der Waals surface area contributed by atoms with Crippen LogP contribution in [0.5, 0.6) is 0 Å². The van der Waals surface area contributed by atoms with Crippen LogP contribution in [0.15, 0.2) is 0 Å². The van der Waals surface area contributed by atoms with Gasteiger partial charge in [-0.15, -0.1) is 0 Å². The van der Waals surface area contributed by atoms with Crippen LogP contribution in [0.4, 0.5) is 0 Å². The van der Waals surface area contributed by atoms with E-state index in [9.17, 15) is 0 Å². The lowest BCUT2D eigenvalue weighted by Crippen LogP contribution is -2.31. The van der Waals surface area contributed by atoms with Crippen molar-refractivity contribution in [2.24, 2.45) is 5.73 Å². The molecular weight excluding hydrogens is 1790 g/mol. The van der Waals surface area contributed by atoms with Crippen molar-refractivity contribution in [3.63, 3.8) is 0 Å². The highest BCUT2D eigenvalue weighted by Gasteiger charge is 2.17. The molecule has 0 aliphatic heterocycles. The van der Waals surface area contributed by atoms with E-state index in [4.69, 9.17) is 200 Å². The molecule has 135 heavy (non-hydrogen) atoms. The van der Waals surface area contributed by atoms with Gasteiger partial charge in [0, 0.05) is 13.2 Å². The summed E-state index contributed by atoms with van der Waals surface area (Å²) in [6.07, 6.45) is -0.793. The minimum atomic E-state index is -0.110. The summed E-state index contributed by atoms with van der Waals surface area (Å²) < 4.78 is 230. The second-order valence-corrected chi connectivity index (χ2v) is 30.7. The average molecular weight is 1980 g/mol. The lowest BCUT2D eigenvalue weighted by Gasteiger charge is -2.23. The Labute approximate surface area is 809 Å². The lowest BCUT2D eigenvalue weighted by atomic mass is 10.3. The van der Waals surface area contributed by atoms with Gasteiger partial charge in [0.05, 0.1) is 531 Å². The van der Waals surface area contributed by atoms with E-state index in [0.29, 0.717) is 476 Å². The maximum Gasteiger partial charge on any atom is 0.0781 e. The number of methoxy groups -OCH3 is 1. The first-order valence-corrected chi connectivity index (χ1v) is 49.0. The van der Waals surface area contributed by atoms with E-state index in [1.807, 2.05) is 69.2 Å². The minimum absolute atomic E-state index is 0.000969. The molecule has 42 nitrogen and oxygen atoms in total. The Kier molecular flexibility index (Phi) is 113. The van der Waals surface area contributed by atoms with Gasteiger partial charge in [-0.3, -0.25) is 0 Å². The zero-order valence-electron chi connectivity index (χ0n) is 85.0. The molecule has 0 radical (unpaired) electrons. The third-order valence-corrected chi connectivity index (χ3v) is 17.5. The lowest BCUT2D eigenvalue weighted by molar-refractivity contribution is -0.111. The normalized spacial score (nSPS) is 14.3. The Balaban J connectivity index is 3.25. The SMILES string of the molecule is COCCOCCOCCOCCOCCOCCOCCOCCOCCOCCOCCOCCOCCOCCOCCOCCOCCOCCOCCOCCOCCOCCOCCOCCOCCOCCOCCOCCOCCOCCOCCOCC(C)OCC(C)OCC(C)OCC(C)OCC(C)OCC(C)OCC(C)OCC(C)OCC(C)OCC(C)N. The molecular formula is C93H189NO41. The van der Waals surface area contributed by atoms with E-state index < -0.39 is 0 Å². The molecule has 0 aromatic heterocycles. The van der Waals surface area contributed by atoms with Gasteiger partial charge in [0.25, 0.3) is 0 Å². The highest BCUT2D eigenvalue weighted by atomic mass is 16.7. The summed E-state index contributed by atoms with van der Waals surface area (Å²) in [5.41, 5.74) is 5.75. The van der Waals surface area contributed by atoms with Crippen LogP contribution in [0.25, 0.3) is 0 Å². The van der Waals surface area contributed by atoms with Crippen LogP contribution in [-0.2, 0) is 194 Å². The second-order valence-electron chi connectivity index (χ2n) is 30.7. The van der Waals surface area contributed by atoms with Crippen molar-refractivity contribution in [2.75, 3.05) is 483 Å². The Morgan fingerprint density at radius 1 is 0.111 bits per heavy atom. The first kappa shape index (κ1) is 133. The van der Waals surface area contributed by atoms with E-state index in [1.54, 1.807) is 7.11 Å². The van der Waals surface area contributed by atoms with Gasteiger partial charge in [0.2, 0.25) is 0 Å². The highest BCUT2D eigenvalue weighted by Crippen LogP contribution is 2.08. The highest BCUT2D eigenvalue weighted by molar-refractivity contribution is 4.62. The molecule has 10 atom stereocenters.